The first kappa shape index (κ1) is 14.4. The van der Waals surface area contributed by atoms with Gasteiger partial charge in [0.2, 0.25) is 0 Å². The molecule has 0 aliphatic heterocycles. The van der Waals surface area contributed by atoms with Crippen molar-refractivity contribution in [2.45, 2.75) is 32.7 Å². The fourth-order valence-electron chi connectivity index (χ4n) is 1.65. The van der Waals surface area contributed by atoms with Gasteiger partial charge in [-0.05, 0) is 45.8 Å². The highest BCUT2D eigenvalue weighted by Crippen LogP contribution is 2.08. The molecule has 1 heterocycles. The van der Waals surface area contributed by atoms with E-state index in [-0.39, 0.29) is 6.61 Å². The van der Waals surface area contributed by atoms with Gasteiger partial charge >= 0.3 is 0 Å². The zero-order valence-electron chi connectivity index (χ0n) is 10.5. The van der Waals surface area contributed by atoms with E-state index in [1.807, 2.05) is 14.0 Å². The van der Waals surface area contributed by atoms with Crippen LogP contribution >= 0.6 is 11.6 Å². The third-order valence-electron chi connectivity index (χ3n) is 2.48. The molecule has 0 atom stereocenters. The van der Waals surface area contributed by atoms with Gasteiger partial charge in [-0.25, -0.2) is 9.97 Å². The van der Waals surface area contributed by atoms with Gasteiger partial charge in [0, 0.05) is 12.3 Å². The van der Waals surface area contributed by atoms with Crippen LogP contribution in [-0.4, -0.2) is 40.2 Å². The van der Waals surface area contributed by atoms with E-state index >= 15 is 0 Å². The summed E-state index contributed by atoms with van der Waals surface area (Å²) in [7, 11) is 2.04. The number of aryl methyl sites for hydroxylation is 1. The number of hydrogen-bond donors (Lipinski definition) is 1. The highest BCUT2D eigenvalue weighted by atomic mass is 35.5. The van der Waals surface area contributed by atoms with Gasteiger partial charge in [-0.2, -0.15) is 0 Å². The second-order valence-corrected chi connectivity index (χ2v) is 4.66. The van der Waals surface area contributed by atoms with Crippen molar-refractivity contribution in [2.75, 3.05) is 20.2 Å². The van der Waals surface area contributed by atoms with E-state index in [4.69, 9.17) is 16.7 Å². The lowest BCUT2D eigenvalue weighted by Gasteiger charge is -2.15. The van der Waals surface area contributed by atoms with Crippen molar-refractivity contribution in [1.29, 1.82) is 0 Å². The first-order valence-electron chi connectivity index (χ1n) is 5.91. The minimum Gasteiger partial charge on any atom is -0.396 e. The van der Waals surface area contributed by atoms with Crippen molar-refractivity contribution in [1.82, 2.24) is 14.9 Å². The predicted molar refractivity (Wildman–Crippen MR) is 69.0 cm³/mol. The number of aliphatic hydroxyl groups excluding tert-OH is 1. The van der Waals surface area contributed by atoms with Crippen molar-refractivity contribution in [3.63, 3.8) is 0 Å². The smallest absolute Gasteiger partial charge is 0.144 e. The number of aromatic nitrogens is 2. The van der Waals surface area contributed by atoms with Crippen LogP contribution in [0.4, 0.5) is 0 Å². The highest BCUT2D eigenvalue weighted by molar-refractivity contribution is 6.29. The lowest BCUT2D eigenvalue weighted by Crippen LogP contribution is -2.20. The molecule has 0 amide bonds. The maximum Gasteiger partial charge on any atom is 0.144 e. The summed E-state index contributed by atoms with van der Waals surface area (Å²) in [5.41, 5.74) is 0.897. The standard InChI is InChI=1S/C12H20ClN3O/c1-10-8-11(13)15-12(14-10)9-16(2)6-4-3-5-7-17/h8,17H,3-7,9H2,1-2H3. The summed E-state index contributed by atoms with van der Waals surface area (Å²) < 4.78 is 0. The summed E-state index contributed by atoms with van der Waals surface area (Å²) >= 11 is 5.88. The molecule has 0 spiro atoms. The van der Waals surface area contributed by atoms with Crippen molar-refractivity contribution < 1.29 is 5.11 Å². The molecule has 4 nitrogen and oxygen atoms in total. The van der Waals surface area contributed by atoms with Gasteiger partial charge in [0.05, 0.1) is 6.54 Å². The number of unbranched alkanes of at least 4 members (excludes halogenated alkanes) is 2. The fourth-order valence-corrected chi connectivity index (χ4v) is 1.91. The van der Waals surface area contributed by atoms with Gasteiger partial charge in [-0.15, -0.1) is 0 Å². The highest BCUT2D eigenvalue weighted by Gasteiger charge is 2.04. The minimum absolute atomic E-state index is 0.278. The summed E-state index contributed by atoms with van der Waals surface area (Å²) in [6.45, 7) is 3.88. The van der Waals surface area contributed by atoms with E-state index in [1.54, 1.807) is 6.07 Å². The molecule has 1 N–H and O–H groups in total. The van der Waals surface area contributed by atoms with Crippen LogP contribution < -0.4 is 0 Å². The Kier molecular flexibility index (Phi) is 6.40. The molecule has 0 aliphatic rings. The summed E-state index contributed by atoms with van der Waals surface area (Å²) in [5, 5.41) is 9.18. The van der Waals surface area contributed by atoms with Crippen LogP contribution in [0.5, 0.6) is 0 Å². The number of nitrogens with zero attached hydrogens (tertiary/aromatic N) is 3. The molecule has 96 valence electrons. The number of halogens is 1. The topological polar surface area (TPSA) is 49.2 Å². The van der Waals surface area contributed by atoms with E-state index in [2.05, 4.69) is 14.9 Å². The van der Waals surface area contributed by atoms with E-state index < -0.39 is 0 Å². The zero-order chi connectivity index (χ0) is 12.7. The summed E-state index contributed by atoms with van der Waals surface area (Å²) in [6.07, 6.45) is 3.01. The molecule has 0 saturated carbocycles. The van der Waals surface area contributed by atoms with Gasteiger partial charge in [-0.1, -0.05) is 11.6 Å². The minimum atomic E-state index is 0.278. The maximum absolute atomic E-state index is 8.68. The third-order valence-corrected chi connectivity index (χ3v) is 2.67. The van der Waals surface area contributed by atoms with Crippen LogP contribution in [0.1, 0.15) is 30.8 Å². The van der Waals surface area contributed by atoms with Crippen LogP contribution in [0.15, 0.2) is 6.07 Å². The lowest BCUT2D eigenvalue weighted by atomic mass is 10.2. The van der Waals surface area contributed by atoms with Crippen molar-refractivity contribution in [3.05, 3.63) is 22.7 Å². The molecule has 0 saturated heterocycles. The number of rotatable bonds is 7. The van der Waals surface area contributed by atoms with Gasteiger partial charge in [0.15, 0.2) is 0 Å². The molecular weight excluding hydrogens is 238 g/mol. The zero-order valence-corrected chi connectivity index (χ0v) is 11.2. The predicted octanol–water partition coefficient (Wildman–Crippen LogP) is 2.03. The van der Waals surface area contributed by atoms with Crippen molar-refractivity contribution in [2.24, 2.45) is 0 Å². The van der Waals surface area contributed by atoms with E-state index in [0.717, 1.165) is 37.3 Å². The summed E-state index contributed by atoms with van der Waals surface area (Å²) in [6, 6.07) is 1.76. The second kappa shape index (κ2) is 7.58. The van der Waals surface area contributed by atoms with Crippen LogP contribution in [0.3, 0.4) is 0 Å². The lowest BCUT2D eigenvalue weighted by molar-refractivity contribution is 0.269. The SMILES string of the molecule is Cc1cc(Cl)nc(CN(C)CCCCCO)n1. The average molecular weight is 258 g/mol. The van der Waals surface area contributed by atoms with E-state index in [1.165, 1.54) is 0 Å². The first-order valence-corrected chi connectivity index (χ1v) is 6.29. The first-order chi connectivity index (χ1) is 8.11. The Morgan fingerprint density at radius 1 is 1.29 bits per heavy atom. The molecule has 0 fully saturated rings. The molecule has 0 aliphatic carbocycles. The Balaban J connectivity index is 2.36. The molecule has 0 radical (unpaired) electrons. The normalized spacial score (nSPS) is 11.1. The summed E-state index contributed by atoms with van der Waals surface area (Å²) in [4.78, 5) is 10.7. The summed E-state index contributed by atoms with van der Waals surface area (Å²) in [5.74, 6) is 0.764. The largest absolute Gasteiger partial charge is 0.396 e. The number of aliphatic hydroxyl groups is 1. The Morgan fingerprint density at radius 2 is 2.06 bits per heavy atom. The van der Waals surface area contributed by atoms with Gasteiger partial charge in [0.1, 0.15) is 11.0 Å². The average Bonchev–Trinajstić information content (AvgIpc) is 2.23. The van der Waals surface area contributed by atoms with E-state index in [9.17, 15) is 0 Å². The Morgan fingerprint density at radius 3 is 2.71 bits per heavy atom. The fraction of sp³-hybridized carbons (Fsp3) is 0.667. The number of hydrogen-bond acceptors (Lipinski definition) is 4. The molecule has 1 aromatic rings. The van der Waals surface area contributed by atoms with Gasteiger partial charge in [-0.3, -0.25) is 4.90 Å². The molecule has 17 heavy (non-hydrogen) atoms. The quantitative estimate of drug-likeness (QED) is 0.600. The van der Waals surface area contributed by atoms with Crippen LogP contribution in [0, 0.1) is 6.92 Å². The van der Waals surface area contributed by atoms with Crippen molar-refractivity contribution in [3.8, 4) is 0 Å². The maximum atomic E-state index is 8.68. The van der Waals surface area contributed by atoms with Gasteiger partial charge < -0.3 is 5.11 Å². The molecule has 1 aromatic heterocycles. The van der Waals surface area contributed by atoms with Crippen LogP contribution in [0.25, 0.3) is 0 Å². The van der Waals surface area contributed by atoms with Crippen LogP contribution in [0.2, 0.25) is 5.15 Å². The molecule has 0 bridgehead atoms. The monoisotopic (exact) mass is 257 g/mol. The molecule has 5 heteroatoms. The molecule has 0 unspecified atom stereocenters. The van der Waals surface area contributed by atoms with Crippen LogP contribution in [-0.2, 0) is 6.54 Å². The Bertz CT molecular complexity index is 326. The second-order valence-electron chi connectivity index (χ2n) is 4.27. The molecule has 1 rings (SSSR count). The van der Waals surface area contributed by atoms with Gasteiger partial charge in [0.25, 0.3) is 0 Å². The molecular formula is C12H20ClN3O. The Labute approximate surface area is 108 Å². The Hall–Kier alpha value is -0.710. The van der Waals surface area contributed by atoms with Crippen molar-refractivity contribution >= 4 is 11.6 Å². The van der Waals surface area contributed by atoms with E-state index in [0.29, 0.717) is 11.7 Å². The molecule has 0 aromatic carbocycles. The third kappa shape index (κ3) is 5.96.